The largest absolute Gasteiger partial charge is 0.507 e. The van der Waals surface area contributed by atoms with Gasteiger partial charge in [0, 0.05) is 30.4 Å². The normalized spacial score (nSPS) is 25.1. The summed E-state index contributed by atoms with van der Waals surface area (Å²) >= 11 is 0. The first-order valence-corrected chi connectivity index (χ1v) is 11.5. The van der Waals surface area contributed by atoms with Gasteiger partial charge in [-0.3, -0.25) is 4.79 Å². The zero-order valence-electron chi connectivity index (χ0n) is 18.5. The van der Waals surface area contributed by atoms with Crippen LogP contribution in [-0.2, 0) is 16.1 Å². The van der Waals surface area contributed by atoms with Crippen molar-refractivity contribution in [2.75, 3.05) is 59.6 Å². The van der Waals surface area contributed by atoms with Crippen LogP contribution in [0.1, 0.15) is 31.7 Å². The molecule has 3 rings (SSSR count). The van der Waals surface area contributed by atoms with Gasteiger partial charge in [-0.05, 0) is 24.5 Å². The maximum absolute atomic E-state index is 12.5. The highest BCUT2D eigenvalue weighted by atomic mass is 16.5. The van der Waals surface area contributed by atoms with E-state index in [0.717, 1.165) is 77.4 Å². The van der Waals surface area contributed by atoms with Gasteiger partial charge < -0.3 is 29.7 Å². The van der Waals surface area contributed by atoms with Crippen LogP contribution in [0, 0.1) is 11.8 Å². The third-order valence-electron chi connectivity index (χ3n) is 6.79. The Bertz CT molecular complexity index is 678. The Kier molecular flexibility index (Phi) is 8.78. The first kappa shape index (κ1) is 22.8. The molecule has 0 aliphatic carbocycles. The van der Waals surface area contributed by atoms with E-state index in [1.807, 2.05) is 12.1 Å². The number of ether oxygens (including phenoxy) is 2. The summed E-state index contributed by atoms with van der Waals surface area (Å²) in [4.78, 5) is 15.5. The van der Waals surface area contributed by atoms with Crippen LogP contribution in [0.4, 0.5) is 0 Å². The predicted molar refractivity (Wildman–Crippen MR) is 115 cm³/mol. The molecule has 7 nitrogen and oxygen atoms in total. The predicted octanol–water partition coefficient (Wildman–Crippen LogP) is -0.747. The minimum Gasteiger partial charge on any atom is -0.507 e. The van der Waals surface area contributed by atoms with Crippen LogP contribution in [0.5, 0.6) is 11.5 Å². The molecule has 1 aromatic rings. The summed E-state index contributed by atoms with van der Waals surface area (Å²) in [6.45, 7) is 10.6. The second-order valence-corrected chi connectivity index (χ2v) is 8.76. The van der Waals surface area contributed by atoms with E-state index in [1.165, 1.54) is 9.80 Å². The molecule has 0 spiro atoms. The molecular weight excluding hydrogens is 382 g/mol. The number of hydrogen-bond acceptors (Lipinski definition) is 4. The number of phenolic OH excluding ortho intramolecular Hbond substituents is 1. The molecule has 2 aliphatic heterocycles. The number of methoxy groups -OCH3 is 1. The number of amides is 1. The zero-order chi connectivity index (χ0) is 21.3. The first-order chi connectivity index (χ1) is 14.6. The number of rotatable bonds is 9. The highest BCUT2D eigenvalue weighted by Crippen LogP contribution is 2.25. The van der Waals surface area contributed by atoms with E-state index in [9.17, 15) is 9.90 Å². The molecule has 0 radical (unpaired) electrons. The Morgan fingerprint density at radius 2 is 2.03 bits per heavy atom. The number of benzene rings is 1. The Labute approximate surface area is 180 Å². The van der Waals surface area contributed by atoms with Gasteiger partial charge >= 0.3 is 0 Å². The molecule has 30 heavy (non-hydrogen) atoms. The Balaban J connectivity index is 1.42. The summed E-state index contributed by atoms with van der Waals surface area (Å²) in [7, 11) is 1.61. The van der Waals surface area contributed by atoms with Crippen molar-refractivity contribution in [2.24, 2.45) is 11.8 Å². The van der Waals surface area contributed by atoms with Crippen molar-refractivity contribution in [1.82, 2.24) is 5.32 Å². The molecule has 4 N–H and O–H groups in total. The number of phenols is 1. The Hall–Kier alpha value is -1.83. The van der Waals surface area contributed by atoms with Crippen molar-refractivity contribution < 1.29 is 29.2 Å². The van der Waals surface area contributed by atoms with Crippen LogP contribution in [0.25, 0.3) is 0 Å². The Morgan fingerprint density at radius 3 is 2.73 bits per heavy atom. The van der Waals surface area contributed by atoms with Gasteiger partial charge in [0.1, 0.15) is 31.1 Å². The molecule has 1 amide bonds. The molecule has 3 atom stereocenters. The minimum absolute atomic E-state index is 0.197. The molecule has 168 valence electrons. The second-order valence-electron chi connectivity index (χ2n) is 8.76. The molecule has 1 unspecified atom stereocenters. The summed E-state index contributed by atoms with van der Waals surface area (Å²) in [6, 6.07) is 5.54. The van der Waals surface area contributed by atoms with E-state index >= 15 is 0 Å². The maximum atomic E-state index is 12.5. The summed E-state index contributed by atoms with van der Waals surface area (Å²) in [5, 5.41) is 13.4. The fourth-order valence-corrected chi connectivity index (χ4v) is 4.86. The average molecular weight is 422 g/mol. The lowest BCUT2D eigenvalue weighted by Gasteiger charge is -2.35. The smallest absolute Gasteiger partial charge is 0.220 e. The van der Waals surface area contributed by atoms with Gasteiger partial charge in [-0.15, -0.1) is 0 Å². The van der Waals surface area contributed by atoms with Crippen molar-refractivity contribution in [2.45, 2.75) is 32.7 Å². The third-order valence-corrected chi connectivity index (χ3v) is 6.79. The van der Waals surface area contributed by atoms with Gasteiger partial charge in [0.2, 0.25) is 5.91 Å². The number of carbonyl (C=O) groups excluding carboxylic acids is 1. The topological polar surface area (TPSA) is 76.7 Å². The van der Waals surface area contributed by atoms with E-state index in [0.29, 0.717) is 29.8 Å². The Morgan fingerprint density at radius 1 is 1.23 bits per heavy atom. The van der Waals surface area contributed by atoms with Gasteiger partial charge in [0.15, 0.2) is 0 Å². The monoisotopic (exact) mass is 421 g/mol. The van der Waals surface area contributed by atoms with Crippen LogP contribution in [0.2, 0.25) is 0 Å². The lowest BCUT2D eigenvalue weighted by molar-refractivity contribution is -0.923. The highest BCUT2D eigenvalue weighted by Gasteiger charge is 2.32. The van der Waals surface area contributed by atoms with Crippen molar-refractivity contribution in [1.29, 1.82) is 0 Å². The molecule has 0 saturated carbocycles. The van der Waals surface area contributed by atoms with Crippen molar-refractivity contribution in [3.05, 3.63) is 23.8 Å². The quantitative estimate of drug-likeness (QED) is 0.423. The first-order valence-electron chi connectivity index (χ1n) is 11.5. The van der Waals surface area contributed by atoms with Crippen molar-refractivity contribution in [3.63, 3.8) is 0 Å². The number of quaternary nitrogens is 2. The van der Waals surface area contributed by atoms with Gasteiger partial charge in [0.25, 0.3) is 0 Å². The van der Waals surface area contributed by atoms with Crippen LogP contribution in [0.3, 0.4) is 0 Å². The SMILES string of the molecule is CC[C@H]1C[NH+](Cc2ccc(OC)cc2O)CC[C@H]1CC(=O)NCC[NH+]1CCOCC1. The van der Waals surface area contributed by atoms with Crippen molar-refractivity contribution >= 4 is 5.91 Å². The molecular formula is C23H39N3O4+2. The minimum atomic E-state index is 0.197. The van der Waals surface area contributed by atoms with E-state index in [4.69, 9.17) is 9.47 Å². The highest BCUT2D eigenvalue weighted by molar-refractivity contribution is 5.76. The van der Waals surface area contributed by atoms with Crippen LogP contribution >= 0.6 is 0 Å². The maximum Gasteiger partial charge on any atom is 0.220 e. The average Bonchev–Trinajstić information content (AvgIpc) is 2.76. The standard InChI is InChI=1S/C23H37N3O4/c1-3-18-16-26(17-20-4-5-21(29-2)15-22(20)27)8-6-19(18)14-23(28)24-7-9-25-10-12-30-13-11-25/h4-5,15,18-19,27H,3,6-14,16-17H2,1-2H3,(H,24,28)/p+2/t18-,19-/m0/s1. The van der Waals surface area contributed by atoms with E-state index < -0.39 is 0 Å². The molecule has 0 bridgehead atoms. The van der Waals surface area contributed by atoms with Gasteiger partial charge in [-0.1, -0.05) is 6.92 Å². The van der Waals surface area contributed by atoms with Crippen LogP contribution in [0.15, 0.2) is 18.2 Å². The number of carbonyl (C=O) groups is 1. The van der Waals surface area contributed by atoms with Gasteiger partial charge in [-0.25, -0.2) is 0 Å². The molecule has 1 aromatic carbocycles. The third kappa shape index (κ3) is 6.59. The number of piperidine rings is 1. The molecule has 2 heterocycles. The number of likely N-dealkylation sites (tertiary alicyclic amines) is 1. The summed E-state index contributed by atoms with van der Waals surface area (Å²) in [5.74, 6) is 2.18. The number of hydrogen-bond donors (Lipinski definition) is 4. The molecule has 0 aromatic heterocycles. The fourth-order valence-electron chi connectivity index (χ4n) is 4.86. The molecule has 7 heteroatoms. The lowest BCUT2D eigenvalue weighted by Crippen LogP contribution is -3.14. The summed E-state index contributed by atoms with van der Waals surface area (Å²) < 4.78 is 10.6. The fraction of sp³-hybridized carbons (Fsp3) is 0.696. The number of morpholine rings is 1. The van der Waals surface area contributed by atoms with Crippen molar-refractivity contribution in [3.8, 4) is 11.5 Å². The second kappa shape index (κ2) is 11.5. The van der Waals surface area contributed by atoms with E-state index in [-0.39, 0.29) is 5.91 Å². The molecule has 2 fully saturated rings. The van der Waals surface area contributed by atoms with Gasteiger partial charge in [0.05, 0.1) is 46.5 Å². The van der Waals surface area contributed by atoms with Crippen LogP contribution in [-0.4, -0.2) is 70.6 Å². The summed E-state index contributed by atoms with van der Waals surface area (Å²) in [5.41, 5.74) is 0.961. The molecule has 2 aliphatic rings. The number of nitrogens with one attached hydrogen (secondary N) is 3. The van der Waals surface area contributed by atoms with Gasteiger partial charge in [-0.2, -0.15) is 0 Å². The zero-order valence-corrected chi connectivity index (χ0v) is 18.5. The molecule has 2 saturated heterocycles. The lowest BCUT2D eigenvalue weighted by atomic mass is 9.81. The summed E-state index contributed by atoms with van der Waals surface area (Å²) in [6.07, 6.45) is 2.79. The number of aromatic hydroxyl groups is 1. The van der Waals surface area contributed by atoms with E-state index in [2.05, 4.69) is 12.2 Å². The van der Waals surface area contributed by atoms with Crippen LogP contribution < -0.4 is 19.9 Å². The van der Waals surface area contributed by atoms with E-state index in [1.54, 1.807) is 13.2 Å².